The van der Waals surface area contributed by atoms with Crippen LogP contribution < -0.4 is 5.32 Å². The van der Waals surface area contributed by atoms with Crippen LogP contribution >= 0.6 is 34.5 Å². The number of halogens is 2. The molecular formula is C18H21Cl2N3O2S. The van der Waals surface area contributed by atoms with Gasteiger partial charge >= 0.3 is 0 Å². The van der Waals surface area contributed by atoms with E-state index in [1.165, 1.54) is 11.3 Å². The number of carbonyl (C=O) groups is 2. The van der Waals surface area contributed by atoms with Gasteiger partial charge in [0.25, 0.3) is 11.8 Å². The summed E-state index contributed by atoms with van der Waals surface area (Å²) in [5, 5.41) is 6.06. The largest absolute Gasteiger partial charge is 0.351 e. The number of rotatable bonds is 8. The van der Waals surface area contributed by atoms with E-state index in [0.29, 0.717) is 45.9 Å². The number of nitrogens with zero attached hydrogens (tertiary/aromatic N) is 2. The highest BCUT2D eigenvalue weighted by molar-refractivity contribution is 7.09. The van der Waals surface area contributed by atoms with Crippen molar-refractivity contribution in [2.45, 2.75) is 33.2 Å². The Labute approximate surface area is 167 Å². The molecule has 0 aliphatic heterocycles. The average molecular weight is 414 g/mol. The van der Waals surface area contributed by atoms with E-state index in [0.717, 1.165) is 12.8 Å². The SMILES string of the molecule is CCCNC(=O)c1csc(CN(CCC)C(=O)c2cc(Cl)cc(Cl)c2)n1. The highest BCUT2D eigenvalue weighted by Crippen LogP contribution is 2.21. The van der Waals surface area contributed by atoms with Crippen molar-refractivity contribution < 1.29 is 9.59 Å². The molecule has 0 bridgehead atoms. The van der Waals surface area contributed by atoms with Crippen molar-refractivity contribution >= 4 is 46.4 Å². The van der Waals surface area contributed by atoms with Crippen molar-refractivity contribution in [3.63, 3.8) is 0 Å². The highest BCUT2D eigenvalue weighted by Gasteiger charge is 2.19. The summed E-state index contributed by atoms with van der Waals surface area (Å²) in [6.45, 7) is 5.50. The van der Waals surface area contributed by atoms with Crippen LogP contribution in [0.2, 0.25) is 10.0 Å². The number of thiazole rings is 1. The first-order chi connectivity index (χ1) is 12.4. The Hall–Kier alpha value is -1.63. The summed E-state index contributed by atoms with van der Waals surface area (Å²) in [4.78, 5) is 30.9. The van der Waals surface area contributed by atoms with Gasteiger partial charge in [-0.3, -0.25) is 9.59 Å². The van der Waals surface area contributed by atoms with Crippen LogP contribution in [0.1, 0.15) is 52.5 Å². The van der Waals surface area contributed by atoms with Gasteiger partial charge in [-0.05, 0) is 31.0 Å². The first-order valence-electron chi connectivity index (χ1n) is 8.42. The summed E-state index contributed by atoms with van der Waals surface area (Å²) in [7, 11) is 0. The van der Waals surface area contributed by atoms with E-state index in [4.69, 9.17) is 23.2 Å². The molecule has 140 valence electrons. The quantitative estimate of drug-likeness (QED) is 0.685. The minimum absolute atomic E-state index is 0.163. The van der Waals surface area contributed by atoms with Crippen LogP contribution in [0.3, 0.4) is 0 Å². The van der Waals surface area contributed by atoms with Crippen molar-refractivity contribution in [3.05, 3.63) is 49.9 Å². The molecule has 0 aliphatic carbocycles. The van der Waals surface area contributed by atoms with Crippen molar-refractivity contribution in [2.75, 3.05) is 13.1 Å². The molecule has 8 heteroatoms. The molecule has 1 aromatic heterocycles. The van der Waals surface area contributed by atoms with E-state index in [1.54, 1.807) is 28.5 Å². The zero-order chi connectivity index (χ0) is 19.1. The molecule has 0 spiro atoms. The van der Waals surface area contributed by atoms with E-state index in [1.807, 2.05) is 13.8 Å². The summed E-state index contributed by atoms with van der Waals surface area (Å²) in [6, 6.07) is 4.79. The van der Waals surface area contributed by atoms with Crippen LogP contribution in [0.5, 0.6) is 0 Å². The second-order valence-corrected chi connectivity index (χ2v) is 7.58. The van der Waals surface area contributed by atoms with Gasteiger partial charge in [0.2, 0.25) is 0 Å². The molecule has 0 atom stereocenters. The number of hydrogen-bond donors (Lipinski definition) is 1. The smallest absolute Gasteiger partial charge is 0.270 e. The maximum Gasteiger partial charge on any atom is 0.270 e. The van der Waals surface area contributed by atoms with Gasteiger partial charge in [0.15, 0.2) is 0 Å². The van der Waals surface area contributed by atoms with Crippen LogP contribution in [0.4, 0.5) is 0 Å². The van der Waals surface area contributed by atoms with Gasteiger partial charge < -0.3 is 10.2 Å². The first-order valence-corrected chi connectivity index (χ1v) is 10.1. The Balaban J connectivity index is 2.14. The van der Waals surface area contributed by atoms with E-state index in [2.05, 4.69) is 10.3 Å². The van der Waals surface area contributed by atoms with Gasteiger partial charge in [0.05, 0.1) is 6.54 Å². The highest BCUT2D eigenvalue weighted by atomic mass is 35.5. The zero-order valence-corrected chi connectivity index (χ0v) is 17.0. The molecule has 26 heavy (non-hydrogen) atoms. The van der Waals surface area contributed by atoms with Crippen LogP contribution in [-0.4, -0.2) is 34.8 Å². The summed E-state index contributed by atoms with van der Waals surface area (Å²) >= 11 is 13.4. The molecule has 1 N–H and O–H groups in total. The Kier molecular flexibility index (Phi) is 7.87. The van der Waals surface area contributed by atoms with Gasteiger partial charge in [0, 0.05) is 34.1 Å². The Morgan fingerprint density at radius 1 is 1.15 bits per heavy atom. The standard InChI is InChI=1S/C18H21Cl2N3O2S/c1-3-5-21-17(24)15-11-26-16(22-15)10-23(6-4-2)18(25)12-7-13(19)9-14(20)8-12/h7-9,11H,3-6,10H2,1-2H3,(H,21,24). The minimum atomic E-state index is -0.190. The Bertz CT molecular complexity index is 759. The molecule has 2 aromatic rings. The molecule has 0 fully saturated rings. The van der Waals surface area contributed by atoms with E-state index in [-0.39, 0.29) is 11.8 Å². The molecule has 1 aromatic carbocycles. The molecule has 0 saturated heterocycles. The number of benzene rings is 1. The second kappa shape index (κ2) is 9.90. The molecule has 5 nitrogen and oxygen atoms in total. The summed E-state index contributed by atoms with van der Waals surface area (Å²) in [6.07, 6.45) is 1.67. The molecule has 0 saturated carbocycles. The van der Waals surface area contributed by atoms with Crippen molar-refractivity contribution in [3.8, 4) is 0 Å². The summed E-state index contributed by atoms with van der Waals surface area (Å²) < 4.78 is 0. The normalized spacial score (nSPS) is 10.6. The topological polar surface area (TPSA) is 62.3 Å². The fourth-order valence-electron chi connectivity index (χ4n) is 2.36. The minimum Gasteiger partial charge on any atom is -0.351 e. The lowest BCUT2D eigenvalue weighted by atomic mass is 10.2. The fraction of sp³-hybridized carbons (Fsp3) is 0.389. The fourth-order valence-corrected chi connectivity index (χ4v) is 3.68. The van der Waals surface area contributed by atoms with Crippen LogP contribution in [0.15, 0.2) is 23.6 Å². The molecule has 1 heterocycles. The van der Waals surface area contributed by atoms with Gasteiger partial charge in [-0.1, -0.05) is 37.0 Å². The lowest BCUT2D eigenvalue weighted by Gasteiger charge is -2.21. The maximum absolute atomic E-state index is 12.8. The van der Waals surface area contributed by atoms with Crippen molar-refractivity contribution in [2.24, 2.45) is 0 Å². The Morgan fingerprint density at radius 2 is 1.85 bits per heavy atom. The van der Waals surface area contributed by atoms with Gasteiger partial charge in [-0.25, -0.2) is 4.98 Å². The third-order valence-corrected chi connectivity index (χ3v) is 4.81. The van der Waals surface area contributed by atoms with Crippen LogP contribution in [0, 0.1) is 0 Å². The monoisotopic (exact) mass is 413 g/mol. The van der Waals surface area contributed by atoms with Crippen molar-refractivity contribution in [1.29, 1.82) is 0 Å². The lowest BCUT2D eigenvalue weighted by molar-refractivity contribution is 0.0743. The summed E-state index contributed by atoms with van der Waals surface area (Å²) in [5.74, 6) is -0.354. The molecule has 0 unspecified atom stereocenters. The number of nitrogens with one attached hydrogen (secondary N) is 1. The van der Waals surface area contributed by atoms with Crippen LogP contribution in [-0.2, 0) is 6.54 Å². The third-order valence-electron chi connectivity index (χ3n) is 3.54. The van der Waals surface area contributed by atoms with E-state index < -0.39 is 0 Å². The predicted molar refractivity (Wildman–Crippen MR) is 106 cm³/mol. The first kappa shape index (κ1) is 20.7. The average Bonchev–Trinajstić information content (AvgIpc) is 3.06. The third kappa shape index (κ3) is 5.69. The number of hydrogen-bond acceptors (Lipinski definition) is 4. The molecule has 2 amide bonds. The Morgan fingerprint density at radius 3 is 2.46 bits per heavy atom. The van der Waals surface area contributed by atoms with Gasteiger partial charge in [0.1, 0.15) is 10.7 Å². The molecule has 2 rings (SSSR count). The van der Waals surface area contributed by atoms with E-state index >= 15 is 0 Å². The van der Waals surface area contributed by atoms with Crippen molar-refractivity contribution in [1.82, 2.24) is 15.2 Å². The maximum atomic E-state index is 12.8. The van der Waals surface area contributed by atoms with Crippen LogP contribution in [0.25, 0.3) is 0 Å². The number of amides is 2. The number of carbonyl (C=O) groups excluding carboxylic acids is 2. The van der Waals surface area contributed by atoms with Gasteiger partial charge in [-0.15, -0.1) is 11.3 Å². The van der Waals surface area contributed by atoms with E-state index in [9.17, 15) is 9.59 Å². The predicted octanol–water partition coefficient (Wildman–Crippen LogP) is 4.64. The summed E-state index contributed by atoms with van der Waals surface area (Å²) in [5.41, 5.74) is 0.821. The number of aromatic nitrogens is 1. The van der Waals surface area contributed by atoms with Gasteiger partial charge in [-0.2, -0.15) is 0 Å². The lowest BCUT2D eigenvalue weighted by Crippen LogP contribution is -2.31. The molecule has 0 radical (unpaired) electrons. The molecule has 0 aliphatic rings. The zero-order valence-electron chi connectivity index (χ0n) is 14.7. The second-order valence-electron chi connectivity index (χ2n) is 5.77. The molecular weight excluding hydrogens is 393 g/mol.